The first-order chi connectivity index (χ1) is 11.8. The third-order valence-electron chi connectivity index (χ3n) is 2.62. The van der Waals surface area contributed by atoms with E-state index in [1.807, 2.05) is 0 Å². The molecule has 0 amide bonds. The van der Waals surface area contributed by atoms with Gasteiger partial charge in [-0.25, -0.2) is 18.7 Å². The van der Waals surface area contributed by atoms with E-state index in [9.17, 15) is 22.0 Å². The van der Waals surface area contributed by atoms with Crippen molar-refractivity contribution in [2.75, 3.05) is 11.2 Å². The SMILES string of the molecule is C#CCSc1nc(NN=Cc2ccc(F)c(F)c2)cc(C(F)(F)F)n1. The topological polar surface area (TPSA) is 50.2 Å². The number of nitrogens with zero attached hydrogens (tertiary/aromatic N) is 3. The maximum atomic E-state index is 13.1. The standard InChI is InChI=1S/C15H9F5N4S/c1-2-5-25-14-22-12(15(18,19)20)7-13(23-14)24-21-8-9-3-4-10(16)11(17)6-9/h1,3-4,6-8H,5H2,(H,22,23,24). The number of benzene rings is 1. The third-order valence-corrected chi connectivity index (χ3v) is 3.37. The Morgan fingerprint density at radius 2 is 1.96 bits per heavy atom. The minimum absolute atomic E-state index is 0.0961. The fourth-order valence-electron chi connectivity index (χ4n) is 1.56. The summed E-state index contributed by atoms with van der Waals surface area (Å²) in [5.74, 6) is 0.0351. The van der Waals surface area contributed by atoms with Crippen LogP contribution >= 0.6 is 11.8 Å². The van der Waals surface area contributed by atoms with Gasteiger partial charge in [-0.05, 0) is 17.7 Å². The van der Waals surface area contributed by atoms with Crippen LogP contribution < -0.4 is 5.43 Å². The van der Waals surface area contributed by atoms with Crippen LogP contribution in [0.25, 0.3) is 0 Å². The molecule has 1 heterocycles. The molecule has 10 heteroatoms. The Morgan fingerprint density at radius 1 is 1.20 bits per heavy atom. The molecule has 0 bridgehead atoms. The van der Waals surface area contributed by atoms with Crippen LogP contribution in [-0.2, 0) is 6.18 Å². The van der Waals surface area contributed by atoms with Crippen molar-refractivity contribution in [3.63, 3.8) is 0 Å². The number of nitrogens with one attached hydrogen (secondary N) is 1. The molecule has 0 fully saturated rings. The van der Waals surface area contributed by atoms with Crippen LogP contribution in [0.2, 0.25) is 0 Å². The van der Waals surface area contributed by atoms with Crippen LogP contribution in [-0.4, -0.2) is 21.9 Å². The number of anilines is 1. The molecule has 0 atom stereocenters. The lowest BCUT2D eigenvalue weighted by Gasteiger charge is -2.09. The first-order valence-corrected chi connectivity index (χ1v) is 7.55. The Bertz CT molecular complexity index is 830. The largest absolute Gasteiger partial charge is 0.433 e. The van der Waals surface area contributed by atoms with Gasteiger partial charge in [0.2, 0.25) is 0 Å². The molecule has 25 heavy (non-hydrogen) atoms. The van der Waals surface area contributed by atoms with Crippen LogP contribution in [0.5, 0.6) is 0 Å². The number of rotatable bonds is 5. The van der Waals surface area contributed by atoms with Crippen molar-refractivity contribution in [3.05, 3.63) is 47.2 Å². The van der Waals surface area contributed by atoms with Gasteiger partial charge in [-0.3, -0.25) is 5.43 Å². The molecule has 0 unspecified atom stereocenters. The Labute approximate surface area is 143 Å². The number of aromatic nitrogens is 2. The van der Waals surface area contributed by atoms with Gasteiger partial charge in [0.15, 0.2) is 28.3 Å². The monoisotopic (exact) mass is 372 g/mol. The number of hydrogen-bond acceptors (Lipinski definition) is 5. The summed E-state index contributed by atoms with van der Waals surface area (Å²) in [5.41, 5.74) is 1.34. The maximum absolute atomic E-state index is 13.1. The van der Waals surface area contributed by atoms with Gasteiger partial charge in [-0.15, -0.1) is 6.42 Å². The fourth-order valence-corrected chi connectivity index (χ4v) is 2.10. The highest BCUT2D eigenvalue weighted by molar-refractivity contribution is 7.99. The van der Waals surface area contributed by atoms with Gasteiger partial charge in [-0.1, -0.05) is 23.7 Å². The second-order valence-electron chi connectivity index (χ2n) is 4.46. The van der Waals surface area contributed by atoms with E-state index in [2.05, 4.69) is 26.4 Å². The highest BCUT2D eigenvalue weighted by Gasteiger charge is 2.33. The molecule has 4 nitrogen and oxygen atoms in total. The molecule has 0 saturated heterocycles. The lowest BCUT2D eigenvalue weighted by Crippen LogP contribution is -2.10. The first-order valence-electron chi connectivity index (χ1n) is 6.56. The quantitative estimate of drug-likeness (QED) is 0.216. The molecule has 0 aliphatic heterocycles. The van der Waals surface area contributed by atoms with E-state index in [0.717, 1.165) is 30.1 Å². The number of hydrazone groups is 1. The lowest BCUT2D eigenvalue weighted by atomic mass is 10.2. The molecule has 0 saturated carbocycles. The predicted molar refractivity (Wildman–Crippen MR) is 84.2 cm³/mol. The van der Waals surface area contributed by atoms with Crippen LogP contribution in [0.4, 0.5) is 27.8 Å². The van der Waals surface area contributed by atoms with Gasteiger partial charge in [0.05, 0.1) is 12.0 Å². The van der Waals surface area contributed by atoms with Crippen LogP contribution in [0.1, 0.15) is 11.3 Å². The van der Waals surface area contributed by atoms with Crippen LogP contribution in [0.15, 0.2) is 34.5 Å². The van der Waals surface area contributed by atoms with E-state index in [-0.39, 0.29) is 22.3 Å². The minimum atomic E-state index is -4.67. The van der Waals surface area contributed by atoms with Crippen LogP contribution in [0.3, 0.4) is 0 Å². The van der Waals surface area contributed by atoms with Gasteiger partial charge in [0.1, 0.15) is 0 Å². The summed E-state index contributed by atoms with van der Waals surface area (Å²) in [6.45, 7) is 0. The zero-order valence-corrected chi connectivity index (χ0v) is 13.1. The van der Waals surface area contributed by atoms with Gasteiger partial charge in [0, 0.05) is 6.07 Å². The molecule has 1 aromatic heterocycles. The highest BCUT2D eigenvalue weighted by atomic mass is 32.2. The fraction of sp³-hybridized carbons (Fsp3) is 0.133. The van der Waals surface area contributed by atoms with E-state index < -0.39 is 23.5 Å². The summed E-state index contributed by atoms with van der Waals surface area (Å²) in [4.78, 5) is 7.22. The summed E-state index contributed by atoms with van der Waals surface area (Å²) in [5, 5.41) is 3.49. The van der Waals surface area contributed by atoms with Crippen molar-refractivity contribution in [3.8, 4) is 12.3 Å². The van der Waals surface area contributed by atoms with Crippen molar-refractivity contribution in [1.82, 2.24) is 9.97 Å². The zero-order valence-electron chi connectivity index (χ0n) is 12.3. The number of terminal acetylenes is 1. The third kappa shape index (κ3) is 5.42. The second kappa shape index (κ2) is 7.94. The molecule has 0 radical (unpaired) electrons. The summed E-state index contributed by atoms with van der Waals surface area (Å²) in [6, 6.07) is 3.70. The number of halogens is 5. The summed E-state index contributed by atoms with van der Waals surface area (Å²) in [6.07, 6.45) is 1.49. The highest BCUT2D eigenvalue weighted by Crippen LogP contribution is 2.30. The van der Waals surface area contributed by atoms with E-state index >= 15 is 0 Å². The Hall–Kier alpha value is -2.67. The lowest BCUT2D eigenvalue weighted by molar-refractivity contribution is -0.141. The molecule has 130 valence electrons. The van der Waals surface area contributed by atoms with Crippen molar-refractivity contribution < 1.29 is 22.0 Å². The molecular weight excluding hydrogens is 363 g/mol. The molecule has 0 aliphatic carbocycles. The molecule has 1 aromatic carbocycles. The molecule has 1 N–H and O–H groups in total. The normalized spacial score (nSPS) is 11.5. The van der Waals surface area contributed by atoms with Crippen molar-refractivity contribution in [2.24, 2.45) is 5.10 Å². The van der Waals surface area contributed by atoms with Crippen molar-refractivity contribution >= 4 is 23.8 Å². The van der Waals surface area contributed by atoms with E-state index in [1.54, 1.807) is 0 Å². The average Bonchev–Trinajstić information content (AvgIpc) is 2.55. The summed E-state index contributed by atoms with van der Waals surface area (Å²) < 4.78 is 64.4. The van der Waals surface area contributed by atoms with E-state index in [4.69, 9.17) is 6.42 Å². The molecular formula is C15H9F5N4S. The number of alkyl halides is 3. The maximum Gasteiger partial charge on any atom is 0.433 e. The van der Waals surface area contributed by atoms with Gasteiger partial charge in [-0.2, -0.15) is 18.3 Å². The Morgan fingerprint density at radius 3 is 2.60 bits per heavy atom. The average molecular weight is 372 g/mol. The molecule has 0 spiro atoms. The van der Waals surface area contributed by atoms with E-state index in [0.29, 0.717) is 6.07 Å². The molecule has 2 aromatic rings. The van der Waals surface area contributed by atoms with Gasteiger partial charge < -0.3 is 0 Å². The first kappa shape index (κ1) is 18.7. The summed E-state index contributed by atoms with van der Waals surface area (Å²) >= 11 is 0.857. The number of thioether (sulfide) groups is 1. The van der Waals surface area contributed by atoms with Gasteiger partial charge >= 0.3 is 6.18 Å². The second-order valence-corrected chi connectivity index (χ2v) is 5.40. The van der Waals surface area contributed by atoms with Crippen molar-refractivity contribution in [2.45, 2.75) is 11.3 Å². The molecule has 0 aliphatic rings. The van der Waals surface area contributed by atoms with Crippen LogP contribution in [0, 0.1) is 24.0 Å². The number of hydrogen-bond donors (Lipinski definition) is 1. The zero-order chi connectivity index (χ0) is 18.4. The summed E-state index contributed by atoms with van der Waals surface area (Å²) in [7, 11) is 0. The van der Waals surface area contributed by atoms with E-state index in [1.165, 1.54) is 6.07 Å². The van der Waals surface area contributed by atoms with Crippen molar-refractivity contribution in [1.29, 1.82) is 0 Å². The predicted octanol–water partition coefficient (Wildman–Crippen LogP) is 3.94. The Balaban J connectivity index is 2.21. The van der Waals surface area contributed by atoms with Gasteiger partial charge in [0.25, 0.3) is 0 Å². The Kier molecular flexibility index (Phi) is 5.93. The minimum Gasteiger partial charge on any atom is -0.261 e. The smallest absolute Gasteiger partial charge is 0.261 e. The molecule has 2 rings (SSSR count).